The van der Waals surface area contributed by atoms with Crippen molar-refractivity contribution < 1.29 is 86.2 Å². The molecule has 1 amide bonds. The highest BCUT2D eigenvalue weighted by molar-refractivity contribution is 7.61. The van der Waals surface area contributed by atoms with Gasteiger partial charge >= 0.3 is 23.5 Å². The molecule has 25 nitrogen and oxygen atoms in total. The minimum atomic E-state index is -5.36. The second-order valence-corrected chi connectivity index (χ2v) is 14.5. The number of phosphoric ester groups is 2. The van der Waals surface area contributed by atoms with E-state index in [2.05, 4.69) is 28.8 Å². The van der Waals surface area contributed by atoms with E-state index < -0.39 is 91.5 Å². The van der Waals surface area contributed by atoms with Crippen LogP contribution in [0.5, 0.6) is 0 Å². The molecular weight excluding hydrogens is 731 g/mol. The van der Waals surface area contributed by atoms with Crippen molar-refractivity contribution in [1.82, 2.24) is 24.8 Å². The Morgan fingerprint density at radius 1 is 0.939 bits per heavy atom. The number of primary amides is 1. The third-order valence-corrected chi connectivity index (χ3v) is 9.45. The first-order chi connectivity index (χ1) is 22.7. The fraction of sp³-hybridized carbons (Fsp3) is 0.524. The van der Waals surface area contributed by atoms with Crippen LogP contribution in [0.4, 0.5) is 5.82 Å². The molecule has 0 bridgehead atoms. The van der Waals surface area contributed by atoms with Gasteiger partial charge in [0.15, 0.2) is 17.7 Å². The fourth-order valence-corrected chi connectivity index (χ4v) is 6.73. The van der Waals surface area contributed by atoms with Crippen LogP contribution in [0.3, 0.4) is 0 Å². The predicted octanol–water partition coefficient (Wildman–Crippen LogP) is -3.55. The number of aromatic amines is 1. The van der Waals surface area contributed by atoms with Crippen molar-refractivity contribution in [3.8, 4) is 0 Å². The van der Waals surface area contributed by atoms with Crippen molar-refractivity contribution in [3.05, 3.63) is 36.2 Å². The Labute approximate surface area is 273 Å². The number of allylic oxidation sites excluding steroid dienone is 1. The first-order valence-corrected chi connectivity index (χ1v) is 18.1. The van der Waals surface area contributed by atoms with Gasteiger partial charge in [0, 0.05) is 18.0 Å². The first kappa shape index (κ1) is 39.0. The topological polar surface area (TPSA) is 406 Å². The van der Waals surface area contributed by atoms with Crippen molar-refractivity contribution >= 4 is 46.4 Å². The van der Waals surface area contributed by atoms with E-state index in [0.29, 0.717) is 0 Å². The molecule has 10 atom stereocenters. The minimum absolute atomic E-state index is 0.0160. The Hall–Kier alpha value is -2.77. The molecule has 14 N–H and O–H groups in total. The summed E-state index contributed by atoms with van der Waals surface area (Å²) in [6.07, 6.45) is -6.08. The lowest BCUT2D eigenvalue weighted by Crippen LogP contribution is -2.40. The predicted molar refractivity (Wildman–Crippen MR) is 156 cm³/mol. The number of ether oxygens (including phenoxy) is 2. The molecule has 5 rings (SSSR count). The lowest BCUT2D eigenvalue weighted by Gasteiger charge is -2.28. The Morgan fingerprint density at radius 3 is 2.08 bits per heavy atom. The van der Waals surface area contributed by atoms with Crippen molar-refractivity contribution in [2.45, 2.75) is 55.4 Å². The van der Waals surface area contributed by atoms with E-state index >= 15 is 0 Å². The molecule has 0 aromatic carbocycles. The van der Waals surface area contributed by atoms with Gasteiger partial charge < -0.3 is 75.7 Å². The molecule has 274 valence electrons. The average molecular weight is 763 g/mol. The van der Waals surface area contributed by atoms with Crippen LogP contribution in [-0.4, -0.2) is 132 Å². The van der Waals surface area contributed by atoms with Gasteiger partial charge in [0.1, 0.15) is 60.4 Å². The van der Waals surface area contributed by atoms with Gasteiger partial charge in [-0.3, -0.25) is 13.8 Å². The van der Waals surface area contributed by atoms with E-state index in [1.165, 1.54) is 17.3 Å². The molecule has 0 radical (unpaired) electrons. The zero-order valence-electron chi connectivity index (χ0n) is 24.5. The summed E-state index contributed by atoms with van der Waals surface area (Å²) in [5, 5.41) is 41.5. The van der Waals surface area contributed by atoms with E-state index in [0.717, 1.165) is 6.33 Å². The molecule has 3 aliphatic heterocycles. The van der Waals surface area contributed by atoms with Crippen molar-refractivity contribution in [1.29, 1.82) is 0 Å². The number of phosphoric acid groups is 3. The van der Waals surface area contributed by atoms with Gasteiger partial charge in [-0.15, -0.1) is 0 Å². The zero-order valence-corrected chi connectivity index (χ0v) is 27.2. The van der Waals surface area contributed by atoms with E-state index in [1.807, 2.05) is 0 Å². The van der Waals surface area contributed by atoms with Gasteiger partial charge in [0.05, 0.1) is 13.2 Å². The lowest BCUT2D eigenvalue weighted by molar-refractivity contribution is -0.115. The number of amides is 1. The molecule has 0 saturated carbocycles. The van der Waals surface area contributed by atoms with E-state index in [4.69, 9.17) is 44.7 Å². The number of aliphatic hydroxyl groups excluding tert-OH is 4. The number of aliphatic hydroxyl groups is 4. The standard InChI is InChI=1S/C21H29N7O14P2.H3O4P/c22-17-11-19(25-7-24-17)27-20(26-11)16-14(31)12(29)9(40-16)5-38-43(34,35)42-44(36,37)39-6-10-13(30)15(32)21(41-10)28-3-1-2-8(4-28)18(23)33;1-5(2,3)4/h1,3-4,7,9-10,12-16,21,29-32H,2,5-6H2,(H2,23,33)(H,34,35)(H,36,37)(H3,22,24,25,26,27);(H3,1,2,3,4)/t9-,10-,12-,13-,14-,15-,16-,21-;/m1./s1. The van der Waals surface area contributed by atoms with Crippen LogP contribution < -0.4 is 11.5 Å². The average Bonchev–Trinajstić information content (AvgIpc) is 3.64. The molecule has 0 spiro atoms. The molecule has 28 heteroatoms. The molecule has 49 heavy (non-hydrogen) atoms. The molecule has 2 aromatic heterocycles. The summed E-state index contributed by atoms with van der Waals surface area (Å²) < 4.78 is 58.4. The van der Waals surface area contributed by atoms with Crippen LogP contribution in [0.15, 0.2) is 30.4 Å². The van der Waals surface area contributed by atoms with Gasteiger partial charge in [-0.1, -0.05) is 6.08 Å². The largest absolute Gasteiger partial charge is 0.481 e. The van der Waals surface area contributed by atoms with Gasteiger partial charge in [-0.05, 0) is 6.42 Å². The number of rotatable bonds is 11. The number of nitrogens with one attached hydrogen (secondary N) is 1. The summed E-state index contributed by atoms with van der Waals surface area (Å²) in [5.74, 6) is -0.628. The molecule has 5 heterocycles. The molecule has 2 unspecified atom stereocenters. The van der Waals surface area contributed by atoms with Crippen LogP contribution >= 0.6 is 23.5 Å². The quantitative estimate of drug-likeness (QED) is 0.0986. The Balaban J connectivity index is 0.00000101. The summed E-state index contributed by atoms with van der Waals surface area (Å²) in [6, 6.07) is 0. The molecular formula is C21H32N7O18P3. The number of nitrogens with zero attached hydrogens (tertiary/aromatic N) is 4. The summed E-state index contributed by atoms with van der Waals surface area (Å²) >= 11 is 0. The minimum Gasteiger partial charge on any atom is -0.387 e. The SMILES string of the molecule is NC(=O)C1=CN([C@@H]2O[C@H](COP(=O)(O)OP(=O)(O)OC[C@H]3O[C@@H](c4nc5ncnc(N)c5[nH]4)[C@H](O)[C@@H]3O)[C@@H](O)[C@H]2O)C=CC1.O=P(O)(O)O. The highest BCUT2D eigenvalue weighted by Crippen LogP contribution is 2.60. The van der Waals surface area contributed by atoms with Crippen molar-refractivity contribution in [3.63, 3.8) is 0 Å². The van der Waals surface area contributed by atoms with Crippen LogP contribution in [0.1, 0.15) is 18.3 Å². The Bertz CT molecular complexity index is 1710. The van der Waals surface area contributed by atoms with Gasteiger partial charge in [-0.25, -0.2) is 28.6 Å². The number of carbonyl (C=O) groups excluding carboxylic acids is 1. The van der Waals surface area contributed by atoms with Crippen molar-refractivity contribution in [2.24, 2.45) is 5.73 Å². The highest BCUT2D eigenvalue weighted by Gasteiger charge is 2.48. The van der Waals surface area contributed by atoms with Gasteiger partial charge in [0.25, 0.3) is 0 Å². The summed E-state index contributed by atoms with van der Waals surface area (Å²) in [5.41, 5.74) is 11.6. The van der Waals surface area contributed by atoms with Crippen LogP contribution in [0.2, 0.25) is 0 Å². The first-order valence-electron chi connectivity index (χ1n) is 13.5. The zero-order chi connectivity index (χ0) is 36.5. The van der Waals surface area contributed by atoms with E-state index in [1.54, 1.807) is 6.08 Å². The maximum Gasteiger partial charge on any atom is 0.481 e. The second kappa shape index (κ2) is 15.2. The third kappa shape index (κ3) is 10.2. The molecule has 2 fully saturated rings. The van der Waals surface area contributed by atoms with Crippen LogP contribution in [0, 0.1) is 0 Å². The Morgan fingerprint density at radius 2 is 1.51 bits per heavy atom. The number of imidazole rings is 1. The molecule has 0 aliphatic carbocycles. The van der Waals surface area contributed by atoms with Crippen molar-refractivity contribution in [2.75, 3.05) is 18.9 Å². The Kier molecular flexibility index (Phi) is 12.1. The fourth-order valence-electron chi connectivity index (χ4n) is 4.64. The van der Waals surface area contributed by atoms with Crippen LogP contribution in [0.25, 0.3) is 11.2 Å². The maximum absolute atomic E-state index is 12.4. The monoisotopic (exact) mass is 763 g/mol. The number of fused-ring (bicyclic) bond motifs is 1. The molecule has 2 saturated heterocycles. The lowest BCUT2D eigenvalue weighted by atomic mass is 10.1. The van der Waals surface area contributed by atoms with Gasteiger partial charge in [0.2, 0.25) is 5.91 Å². The summed E-state index contributed by atoms with van der Waals surface area (Å²) in [7, 11) is -15.4. The third-order valence-electron chi connectivity index (χ3n) is 6.85. The van der Waals surface area contributed by atoms with E-state index in [-0.39, 0.29) is 34.8 Å². The summed E-state index contributed by atoms with van der Waals surface area (Å²) in [6.45, 7) is -1.79. The normalized spacial score (nSPS) is 31.1. The summed E-state index contributed by atoms with van der Waals surface area (Å²) in [4.78, 5) is 68.9. The number of nitrogen functional groups attached to an aromatic ring is 1. The number of anilines is 1. The number of aromatic nitrogens is 4. The highest BCUT2D eigenvalue weighted by atomic mass is 31.3. The number of H-pyrrole nitrogens is 1. The molecule has 2 aromatic rings. The number of carbonyl (C=O) groups is 1. The second-order valence-electron chi connectivity index (χ2n) is 10.4. The number of hydrogen-bond acceptors (Lipinski definition) is 18. The number of nitrogens with two attached hydrogens (primary N) is 2. The molecule has 3 aliphatic rings. The van der Waals surface area contributed by atoms with E-state index in [9.17, 15) is 44.1 Å². The smallest absolute Gasteiger partial charge is 0.387 e. The van der Waals surface area contributed by atoms with Crippen LogP contribution in [-0.2, 0) is 41.3 Å². The maximum atomic E-state index is 12.4. The number of hydrogen-bond donors (Lipinski definition) is 12. The van der Waals surface area contributed by atoms with Gasteiger partial charge in [-0.2, -0.15) is 4.31 Å².